The smallest absolute Gasteiger partial charge is 0.420 e. The topological polar surface area (TPSA) is 99.8 Å². The molecule has 2 aromatic rings. The Hall–Kier alpha value is -2.61. The first-order valence-electron chi connectivity index (χ1n) is 7.49. The van der Waals surface area contributed by atoms with Crippen LogP contribution in [0.4, 0.5) is 0 Å². The van der Waals surface area contributed by atoms with Gasteiger partial charge in [-0.15, -0.1) is 0 Å². The molecule has 0 saturated carbocycles. The first-order valence-corrected chi connectivity index (χ1v) is 7.49. The Labute approximate surface area is 138 Å². The number of hydrogen-bond acceptors (Lipinski definition) is 6. The molecule has 2 rings (SSSR count). The molecule has 8 heteroatoms. The monoisotopic (exact) mass is 336 g/mol. The van der Waals surface area contributed by atoms with E-state index in [-0.39, 0.29) is 6.04 Å². The van der Waals surface area contributed by atoms with E-state index in [0.29, 0.717) is 17.7 Å². The van der Waals surface area contributed by atoms with Crippen LogP contribution in [0.15, 0.2) is 33.5 Å². The molecule has 0 fully saturated rings. The highest BCUT2D eigenvalue weighted by Crippen LogP contribution is 2.17. The van der Waals surface area contributed by atoms with Gasteiger partial charge in [-0.1, -0.05) is 12.1 Å². The van der Waals surface area contributed by atoms with E-state index in [9.17, 15) is 14.4 Å². The molecule has 1 aromatic heterocycles. The largest absolute Gasteiger partial charge is 0.454 e. The van der Waals surface area contributed by atoms with Crippen molar-refractivity contribution in [2.24, 2.45) is 0 Å². The van der Waals surface area contributed by atoms with Gasteiger partial charge in [0.2, 0.25) is 0 Å². The molecule has 0 aliphatic heterocycles. The fourth-order valence-corrected chi connectivity index (χ4v) is 2.32. The first kappa shape index (κ1) is 17.7. The highest BCUT2D eigenvalue weighted by molar-refractivity contribution is 5.83. The van der Waals surface area contributed by atoms with Crippen molar-refractivity contribution in [2.75, 3.05) is 20.3 Å². The first-order chi connectivity index (χ1) is 11.4. The number of rotatable bonds is 7. The molecule has 0 bridgehead atoms. The SMILES string of the molecule is COCC(C)NC(=O)COC(=O)C(C)n1c(=O)oc2ccccc21. The molecule has 8 nitrogen and oxygen atoms in total. The van der Waals surface area contributed by atoms with Crippen LogP contribution in [0.1, 0.15) is 19.9 Å². The van der Waals surface area contributed by atoms with Crippen LogP contribution in [0.2, 0.25) is 0 Å². The molecule has 1 heterocycles. The highest BCUT2D eigenvalue weighted by Gasteiger charge is 2.23. The fraction of sp³-hybridized carbons (Fsp3) is 0.438. The maximum atomic E-state index is 12.1. The molecule has 0 spiro atoms. The predicted octanol–water partition coefficient (Wildman–Crippen LogP) is 0.850. The molecule has 0 aliphatic carbocycles. The normalized spacial score (nSPS) is 13.5. The van der Waals surface area contributed by atoms with Gasteiger partial charge in [0, 0.05) is 13.2 Å². The molecular formula is C16H20N2O6. The standard InChI is InChI=1S/C16H20N2O6/c1-10(8-22-3)17-14(19)9-23-15(20)11(2)18-12-6-4-5-7-13(12)24-16(18)21/h4-7,10-11H,8-9H2,1-3H3,(H,17,19). The van der Waals surface area contributed by atoms with E-state index in [4.69, 9.17) is 13.9 Å². The van der Waals surface area contributed by atoms with Crippen molar-refractivity contribution in [3.05, 3.63) is 34.8 Å². The number of benzene rings is 1. The number of para-hydroxylation sites is 2. The number of carbonyl (C=O) groups excluding carboxylic acids is 2. The zero-order valence-corrected chi connectivity index (χ0v) is 13.8. The van der Waals surface area contributed by atoms with Gasteiger partial charge in [-0.25, -0.2) is 9.59 Å². The van der Waals surface area contributed by atoms with Crippen molar-refractivity contribution >= 4 is 23.0 Å². The number of hydrogen-bond donors (Lipinski definition) is 1. The van der Waals surface area contributed by atoms with Gasteiger partial charge in [-0.3, -0.25) is 9.36 Å². The van der Waals surface area contributed by atoms with Crippen LogP contribution in [-0.2, 0) is 19.1 Å². The van der Waals surface area contributed by atoms with Gasteiger partial charge < -0.3 is 19.2 Å². The second-order valence-corrected chi connectivity index (χ2v) is 5.41. The van der Waals surface area contributed by atoms with Crippen LogP contribution in [0.25, 0.3) is 11.1 Å². The number of ether oxygens (including phenoxy) is 2. The maximum Gasteiger partial charge on any atom is 0.420 e. The minimum atomic E-state index is -0.912. The number of aromatic nitrogens is 1. The molecule has 2 atom stereocenters. The molecule has 24 heavy (non-hydrogen) atoms. The lowest BCUT2D eigenvalue weighted by Crippen LogP contribution is -2.39. The third-order valence-corrected chi connectivity index (χ3v) is 3.42. The lowest BCUT2D eigenvalue weighted by atomic mass is 10.3. The highest BCUT2D eigenvalue weighted by atomic mass is 16.5. The van der Waals surface area contributed by atoms with Crippen LogP contribution in [0.5, 0.6) is 0 Å². The molecule has 1 aromatic carbocycles. The average Bonchev–Trinajstić information content (AvgIpc) is 2.87. The zero-order valence-electron chi connectivity index (χ0n) is 13.8. The van der Waals surface area contributed by atoms with Crippen molar-refractivity contribution in [1.29, 1.82) is 0 Å². The summed E-state index contributed by atoms with van der Waals surface area (Å²) in [7, 11) is 1.53. The summed E-state index contributed by atoms with van der Waals surface area (Å²) in [5.74, 6) is -1.79. The number of nitrogens with zero attached hydrogens (tertiary/aromatic N) is 1. The maximum absolute atomic E-state index is 12.1. The lowest BCUT2D eigenvalue weighted by Gasteiger charge is -2.14. The van der Waals surface area contributed by atoms with Crippen LogP contribution >= 0.6 is 0 Å². The molecular weight excluding hydrogens is 316 g/mol. The van der Waals surface area contributed by atoms with Crippen LogP contribution in [0.3, 0.4) is 0 Å². The Balaban J connectivity index is 2.00. The molecule has 2 unspecified atom stereocenters. The second-order valence-electron chi connectivity index (χ2n) is 5.41. The van der Waals surface area contributed by atoms with E-state index in [2.05, 4.69) is 5.32 Å². The van der Waals surface area contributed by atoms with Crippen LogP contribution < -0.4 is 11.1 Å². The Bertz CT molecular complexity index is 778. The molecule has 1 amide bonds. The molecule has 1 N–H and O–H groups in total. The Kier molecular flexibility index (Phi) is 5.75. The summed E-state index contributed by atoms with van der Waals surface area (Å²) < 4.78 is 16.2. The second kappa shape index (κ2) is 7.78. The van der Waals surface area contributed by atoms with Crippen LogP contribution in [0, 0.1) is 0 Å². The Morgan fingerprint density at radius 2 is 2.00 bits per heavy atom. The van der Waals surface area contributed by atoms with E-state index in [0.717, 1.165) is 0 Å². The van der Waals surface area contributed by atoms with Gasteiger partial charge in [-0.2, -0.15) is 0 Å². The summed E-state index contributed by atoms with van der Waals surface area (Å²) in [5.41, 5.74) is 0.874. The van der Waals surface area contributed by atoms with Gasteiger partial charge in [0.15, 0.2) is 12.2 Å². The summed E-state index contributed by atoms with van der Waals surface area (Å²) in [6.45, 7) is 3.20. The number of carbonyl (C=O) groups is 2. The van der Waals surface area contributed by atoms with Gasteiger partial charge in [0.25, 0.3) is 5.91 Å². The fourth-order valence-electron chi connectivity index (χ4n) is 2.32. The third-order valence-electron chi connectivity index (χ3n) is 3.42. The zero-order chi connectivity index (χ0) is 17.7. The molecule has 0 radical (unpaired) electrons. The number of amides is 1. The van der Waals surface area contributed by atoms with Gasteiger partial charge in [0.05, 0.1) is 12.1 Å². The van der Waals surface area contributed by atoms with Crippen molar-refractivity contribution in [3.8, 4) is 0 Å². The number of esters is 1. The van der Waals surface area contributed by atoms with Crippen molar-refractivity contribution in [3.63, 3.8) is 0 Å². The van der Waals surface area contributed by atoms with E-state index in [1.54, 1.807) is 31.2 Å². The summed E-state index contributed by atoms with van der Waals surface area (Å²) in [6.07, 6.45) is 0. The third kappa shape index (κ3) is 4.02. The van der Waals surface area contributed by atoms with Crippen LogP contribution in [-0.4, -0.2) is 42.8 Å². The molecule has 0 saturated heterocycles. The van der Waals surface area contributed by atoms with Gasteiger partial charge in [-0.05, 0) is 26.0 Å². The predicted molar refractivity (Wildman–Crippen MR) is 85.6 cm³/mol. The summed E-state index contributed by atoms with van der Waals surface area (Å²) >= 11 is 0. The lowest BCUT2D eigenvalue weighted by molar-refractivity contribution is -0.151. The van der Waals surface area contributed by atoms with E-state index < -0.39 is 30.3 Å². The van der Waals surface area contributed by atoms with E-state index >= 15 is 0 Å². The number of nitrogens with one attached hydrogen (secondary N) is 1. The van der Waals surface area contributed by atoms with Crippen molar-refractivity contribution < 1.29 is 23.5 Å². The van der Waals surface area contributed by atoms with Gasteiger partial charge in [0.1, 0.15) is 6.04 Å². The average molecular weight is 336 g/mol. The minimum absolute atomic E-state index is 0.195. The Morgan fingerprint density at radius 1 is 1.29 bits per heavy atom. The quantitative estimate of drug-likeness (QED) is 0.753. The van der Waals surface area contributed by atoms with E-state index in [1.165, 1.54) is 18.6 Å². The number of fused-ring (bicyclic) bond motifs is 1. The number of oxazole rings is 1. The number of methoxy groups -OCH3 is 1. The van der Waals surface area contributed by atoms with Crippen molar-refractivity contribution in [2.45, 2.75) is 25.9 Å². The summed E-state index contributed by atoms with van der Waals surface area (Å²) in [5, 5.41) is 2.62. The minimum Gasteiger partial charge on any atom is -0.454 e. The Morgan fingerprint density at radius 3 is 2.71 bits per heavy atom. The van der Waals surface area contributed by atoms with Gasteiger partial charge >= 0.3 is 11.7 Å². The molecule has 130 valence electrons. The summed E-state index contributed by atoms with van der Waals surface area (Å²) in [4.78, 5) is 35.8. The van der Waals surface area contributed by atoms with Crippen molar-refractivity contribution in [1.82, 2.24) is 9.88 Å². The molecule has 0 aliphatic rings. The van der Waals surface area contributed by atoms with E-state index in [1.807, 2.05) is 0 Å². The summed E-state index contributed by atoms with van der Waals surface area (Å²) in [6, 6.07) is 5.66.